The molecule has 0 N–H and O–H groups in total. The van der Waals surface area contributed by atoms with Crippen LogP contribution in [0.4, 0.5) is 0 Å². The van der Waals surface area contributed by atoms with E-state index in [2.05, 4.69) is 38.7 Å². The molecule has 2 heteroatoms. The quantitative estimate of drug-likeness (QED) is 0.713. The van der Waals surface area contributed by atoms with E-state index in [9.17, 15) is 0 Å². The van der Waals surface area contributed by atoms with Gasteiger partial charge in [-0.2, -0.15) is 5.26 Å². The molecule has 2 unspecified atom stereocenters. The molecule has 0 bridgehead atoms. The van der Waals surface area contributed by atoms with Crippen molar-refractivity contribution in [3.05, 3.63) is 0 Å². The maximum Gasteiger partial charge on any atom is 0.0624 e. The molecular weight excluding hydrogens is 184 g/mol. The van der Waals surface area contributed by atoms with Crippen molar-refractivity contribution in [2.45, 2.75) is 53.0 Å². The number of nitriles is 1. The van der Waals surface area contributed by atoms with E-state index < -0.39 is 0 Å². The Kier molecular flexibility index (Phi) is 4.16. The zero-order chi connectivity index (χ0) is 11.5. The van der Waals surface area contributed by atoms with Crippen LogP contribution in [0.25, 0.3) is 0 Å². The largest absolute Gasteiger partial charge is 0.300 e. The molecular formula is C13H24N2. The van der Waals surface area contributed by atoms with Gasteiger partial charge >= 0.3 is 0 Å². The van der Waals surface area contributed by atoms with Gasteiger partial charge in [-0.1, -0.05) is 20.8 Å². The minimum atomic E-state index is 0.303. The SMILES string of the molecule is CCC(C)N1CCC(CC#N)C(C)(C)C1. The van der Waals surface area contributed by atoms with E-state index in [1.807, 2.05) is 0 Å². The van der Waals surface area contributed by atoms with E-state index in [0.29, 0.717) is 17.4 Å². The lowest BCUT2D eigenvalue weighted by Gasteiger charge is -2.45. The molecule has 1 heterocycles. The first-order valence-electron chi connectivity index (χ1n) is 6.12. The van der Waals surface area contributed by atoms with E-state index in [4.69, 9.17) is 5.26 Å². The van der Waals surface area contributed by atoms with Gasteiger partial charge in [0.25, 0.3) is 0 Å². The van der Waals surface area contributed by atoms with Gasteiger partial charge in [0, 0.05) is 19.0 Å². The van der Waals surface area contributed by atoms with Crippen molar-refractivity contribution < 1.29 is 0 Å². The predicted molar refractivity (Wildman–Crippen MR) is 63.4 cm³/mol. The predicted octanol–water partition coefficient (Wildman–Crippen LogP) is 3.05. The van der Waals surface area contributed by atoms with Crippen LogP contribution in [0.15, 0.2) is 0 Å². The molecule has 0 aliphatic carbocycles. The molecule has 1 rings (SSSR count). The number of rotatable bonds is 3. The van der Waals surface area contributed by atoms with Crippen molar-refractivity contribution in [1.82, 2.24) is 4.90 Å². The van der Waals surface area contributed by atoms with Crippen LogP contribution >= 0.6 is 0 Å². The van der Waals surface area contributed by atoms with Crippen LogP contribution in [0.5, 0.6) is 0 Å². The average Bonchev–Trinajstić information content (AvgIpc) is 2.19. The number of hydrogen-bond donors (Lipinski definition) is 0. The number of likely N-dealkylation sites (tertiary alicyclic amines) is 1. The molecule has 86 valence electrons. The molecule has 1 aliphatic rings. The molecule has 2 nitrogen and oxygen atoms in total. The van der Waals surface area contributed by atoms with Crippen molar-refractivity contribution in [3.8, 4) is 6.07 Å². The fourth-order valence-corrected chi connectivity index (χ4v) is 2.57. The third kappa shape index (κ3) is 2.95. The van der Waals surface area contributed by atoms with Gasteiger partial charge < -0.3 is 4.90 Å². The summed E-state index contributed by atoms with van der Waals surface area (Å²) >= 11 is 0. The van der Waals surface area contributed by atoms with Crippen molar-refractivity contribution in [2.75, 3.05) is 13.1 Å². The molecule has 0 spiro atoms. The second kappa shape index (κ2) is 4.99. The summed E-state index contributed by atoms with van der Waals surface area (Å²) in [6, 6.07) is 3.02. The van der Waals surface area contributed by atoms with E-state index in [-0.39, 0.29) is 0 Å². The maximum absolute atomic E-state index is 8.81. The third-order valence-corrected chi connectivity index (χ3v) is 4.03. The summed E-state index contributed by atoms with van der Waals surface area (Å²) in [6.07, 6.45) is 3.13. The zero-order valence-corrected chi connectivity index (χ0v) is 10.6. The summed E-state index contributed by atoms with van der Waals surface area (Å²) in [5.74, 6) is 0.586. The van der Waals surface area contributed by atoms with Gasteiger partial charge in [-0.3, -0.25) is 0 Å². The molecule has 1 saturated heterocycles. The molecule has 15 heavy (non-hydrogen) atoms. The maximum atomic E-state index is 8.81. The Bertz CT molecular complexity index is 239. The topological polar surface area (TPSA) is 27.0 Å². The van der Waals surface area contributed by atoms with Gasteiger partial charge in [0.2, 0.25) is 0 Å². The number of nitrogens with zero attached hydrogens (tertiary/aromatic N) is 2. The van der Waals surface area contributed by atoms with Gasteiger partial charge in [-0.15, -0.1) is 0 Å². The highest BCUT2D eigenvalue weighted by Crippen LogP contribution is 2.37. The highest BCUT2D eigenvalue weighted by molar-refractivity contribution is 4.92. The molecule has 1 aliphatic heterocycles. The Morgan fingerprint density at radius 2 is 2.20 bits per heavy atom. The monoisotopic (exact) mass is 208 g/mol. The van der Waals surface area contributed by atoms with Crippen molar-refractivity contribution >= 4 is 0 Å². The van der Waals surface area contributed by atoms with E-state index in [1.54, 1.807) is 0 Å². The minimum absolute atomic E-state index is 0.303. The first-order valence-corrected chi connectivity index (χ1v) is 6.12. The lowest BCUT2D eigenvalue weighted by atomic mass is 9.72. The molecule has 0 amide bonds. The van der Waals surface area contributed by atoms with Crippen LogP contribution in [-0.4, -0.2) is 24.0 Å². The summed E-state index contributed by atoms with van der Waals surface area (Å²) < 4.78 is 0. The van der Waals surface area contributed by atoms with Gasteiger partial charge in [0.15, 0.2) is 0 Å². The molecule has 0 aromatic rings. The van der Waals surface area contributed by atoms with Crippen molar-refractivity contribution in [2.24, 2.45) is 11.3 Å². The van der Waals surface area contributed by atoms with Crippen LogP contribution in [0.3, 0.4) is 0 Å². The summed E-state index contributed by atoms with van der Waals surface area (Å²) in [5.41, 5.74) is 0.303. The van der Waals surface area contributed by atoms with E-state index >= 15 is 0 Å². The molecule has 0 radical (unpaired) electrons. The summed E-state index contributed by atoms with van der Waals surface area (Å²) in [4.78, 5) is 2.58. The fraction of sp³-hybridized carbons (Fsp3) is 0.923. The Labute approximate surface area is 94.3 Å². The lowest BCUT2D eigenvalue weighted by molar-refractivity contribution is 0.0334. The standard InChI is InChI=1S/C13H24N2/c1-5-11(2)15-9-7-12(6-8-14)13(3,4)10-15/h11-12H,5-7,9-10H2,1-4H3. The summed E-state index contributed by atoms with van der Waals surface area (Å²) in [5, 5.41) is 8.81. The smallest absolute Gasteiger partial charge is 0.0624 e. The summed E-state index contributed by atoms with van der Waals surface area (Å²) in [6.45, 7) is 11.5. The second-order valence-electron chi connectivity index (χ2n) is 5.56. The van der Waals surface area contributed by atoms with Crippen LogP contribution in [0.1, 0.15) is 47.0 Å². The van der Waals surface area contributed by atoms with Crippen molar-refractivity contribution in [3.63, 3.8) is 0 Å². The highest BCUT2D eigenvalue weighted by atomic mass is 15.2. The number of piperidine rings is 1. The first kappa shape index (κ1) is 12.5. The molecule has 1 fully saturated rings. The van der Waals surface area contributed by atoms with Gasteiger partial charge in [0.05, 0.1) is 6.07 Å². The second-order valence-corrected chi connectivity index (χ2v) is 5.56. The van der Waals surface area contributed by atoms with Gasteiger partial charge in [-0.05, 0) is 37.6 Å². The molecule has 0 saturated carbocycles. The van der Waals surface area contributed by atoms with E-state index in [0.717, 1.165) is 13.0 Å². The van der Waals surface area contributed by atoms with Gasteiger partial charge in [-0.25, -0.2) is 0 Å². The van der Waals surface area contributed by atoms with Crippen LogP contribution in [0.2, 0.25) is 0 Å². The normalized spacial score (nSPS) is 28.3. The molecule has 0 aromatic carbocycles. The van der Waals surface area contributed by atoms with Gasteiger partial charge in [0.1, 0.15) is 0 Å². The first-order chi connectivity index (χ1) is 7.01. The Morgan fingerprint density at radius 1 is 1.53 bits per heavy atom. The Morgan fingerprint density at radius 3 is 2.67 bits per heavy atom. The van der Waals surface area contributed by atoms with Crippen LogP contribution < -0.4 is 0 Å². The third-order valence-electron chi connectivity index (χ3n) is 4.03. The van der Waals surface area contributed by atoms with Crippen LogP contribution in [0, 0.1) is 22.7 Å². The fourth-order valence-electron chi connectivity index (χ4n) is 2.57. The lowest BCUT2D eigenvalue weighted by Crippen LogP contribution is -2.48. The molecule has 2 atom stereocenters. The van der Waals surface area contributed by atoms with Crippen molar-refractivity contribution in [1.29, 1.82) is 5.26 Å². The zero-order valence-electron chi connectivity index (χ0n) is 10.6. The Balaban J connectivity index is 2.60. The average molecular weight is 208 g/mol. The minimum Gasteiger partial charge on any atom is -0.300 e. The highest BCUT2D eigenvalue weighted by Gasteiger charge is 2.36. The number of hydrogen-bond acceptors (Lipinski definition) is 2. The van der Waals surface area contributed by atoms with E-state index in [1.165, 1.54) is 19.4 Å². The summed E-state index contributed by atoms with van der Waals surface area (Å²) in [7, 11) is 0. The Hall–Kier alpha value is -0.550. The molecule has 0 aromatic heterocycles. The van der Waals surface area contributed by atoms with Crippen LogP contribution in [-0.2, 0) is 0 Å².